The molecule has 0 fully saturated rings. The molecule has 0 heterocycles. The van der Waals surface area contributed by atoms with Gasteiger partial charge in [0, 0.05) is 22.7 Å². The molecule has 0 unspecified atom stereocenters. The molecule has 2 aromatic carbocycles. The van der Waals surface area contributed by atoms with Gasteiger partial charge in [0.1, 0.15) is 5.75 Å². The van der Waals surface area contributed by atoms with Crippen LogP contribution in [0, 0.1) is 10.1 Å². The topological polar surface area (TPSA) is 108 Å². The average Bonchev–Trinajstić information content (AvgIpc) is 2.66. The van der Waals surface area contributed by atoms with Crippen LogP contribution in [0.3, 0.4) is 0 Å². The molecule has 0 saturated heterocycles. The maximum atomic E-state index is 12.2. The van der Waals surface area contributed by atoms with Crippen molar-refractivity contribution in [1.82, 2.24) is 0 Å². The lowest BCUT2D eigenvalue weighted by molar-refractivity contribution is -0.384. The Hall–Kier alpha value is -3.21. The van der Waals surface area contributed by atoms with Crippen molar-refractivity contribution >= 4 is 35.0 Å². The first-order valence-electron chi connectivity index (χ1n) is 7.71. The summed E-state index contributed by atoms with van der Waals surface area (Å²) in [4.78, 5) is 33.6. The van der Waals surface area contributed by atoms with E-state index in [9.17, 15) is 28.5 Å². The number of amides is 1. The van der Waals surface area contributed by atoms with Crippen molar-refractivity contribution in [2.75, 3.05) is 18.5 Å². The quantitative estimate of drug-likeness (QED) is 0.291. The number of carbonyl (C=O) groups excluding carboxylic acids is 2. The standard InChI is InChI=1S/C17H14F2N2O6S/c18-17(19)28-14-7-1-11(2-8-14)20-15(22)9-27-16(23)10-26-13-5-3-12(4-6-13)21(24)25/h1-8,17H,9-10H2,(H,20,22). The van der Waals surface area contributed by atoms with Crippen LogP contribution in [0.25, 0.3) is 0 Å². The number of alkyl halides is 2. The number of non-ortho nitro benzene ring substituents is 1. The summed E-state index contributed by atoms with van der Waals surface area (Å²) in [5.74, 6) is -3.73. The molecule has 148 valence electrons. The lowest BCUT2D eigenvalue weighted by Crippen LogP contribution is -2.23. The number of rotatable bonds is 9. The Bertz CT molecular complexity index is 831. The minimum Gasteiger partial charge on any atom is -0.482 e. The van der Waals surface area contributed by atoms with Crippen LogP contribution in [0.15, 0.2) is 53.4 Å². The van der Waals surface area contributed by atoms with Gasteiger partial charge in [0.15, 0.2) is 13.2 Å². The van der Waals surface area contributed by atoms with Gasteiger partial charge >= 0.3 is 5.97 Å². The van der Waals surface area contributed by atoms with Crippen LogP contribution in [-0.2, 0) is 14.3 Å². The molecular weight excluding hydrogens is 398 g/mol. The molecule has 0 aliphatic heterocycles. The second kappa shape index (κ2) is 10.2. The fourth-order valence-electron chi connectivity index (χ4n) is 1.91. The lowest BCUT2D eigenvalue weighted by Gasteiger charge is -2.08. The molecule has 8 nitrogen and oxygen atoms in total. The van der Waals surface area contributed by atoms with Crippen LogP contribution in [-0.4, -0.2) is 35.8 Å². The summed E-state index contributed by atoms with van der Waals surface area (Å²) in [6.45, 7) is -1.04. The summed E-state index contributed by atoms with van der Waals surface area (Å²) < 4.78 is 34.3. The molecule has 0 aromatic heterocycles. The summed E-state index contributed by atoms with van der Waals surface area (Å²) in [6, 6.07) is 10.8. The Morgan fingerprint density at radius 2 is 1.71 bits per heavy atom. The van der Waals surface area contributed by atoms with Crippen LogP contribution in [0.5, 0.6) is 5.75 Å². The maximum absolute atomic E-state index is 12.2. The van der Waals surface area contributed by atoms with Crippen molar-refractivity contribution in [3.8, 4) is 5.75 Å². The zero-order valence-electron chi connectivity index (χ0n) is 14.2. The first kappa shape index (κ1) is 21.1. The number of anilines is 1. The van der Waals surface area contributed by atoms with E-state index >= 15 is 0 Å². The molecule has 2 aromatic rings. The molecule has 11 heteroatoms. The Kier molecular flexibility index (Phi) is 7.69. The highest BCUT2D eigenvalue weighted by Gasteiger charge is 2.11. The SMILES string of the molecule is O=C(COC(=O)COc1ccc([N+](=O)[O-])cc1)Nc1ccc(SC(F)F)cc1. The fraction of sp³-hybridized carbons (Fsp3) is 0.176. The van der Waals surface area contributed by atoms with Crippen molar-refractivity contribution in [1.29, 1.82) is 0 Å². The third-order valence-corrected chi connectivity index (χ3v) is 3.85. The lowest BCUT2D eigenvalue weighted by atomic mass is 10.3. The van der Waals surface area contributed by atoms with Crippen molar-refractivity contribution in [2.45, 2.75) is 10.7 Å². The molecule has 0 spiro atoms. The van der Waals surface area contributed by atoms with E-state index in [1.165, 1.54) is 48.5 Å². The van der Waals surface area contributed by atoms with Crippen molar-refractivity contribution in [2.24, 2.45) is 0 Å². The highest BCUT2D eigenvalue weighted by atomic mass is 32.2. The summed E-state index contributed by atoms with van der Waals surface area (Å²) in [5, 5.41) is 13.0. The zero-order valence-corrected chi connectivity index (χ0v) is 15.0. The van der Waals surface area contributed by atoms with Crippen LogP contribution in [0.4, 0.5) is 20.2 Å². The zero-order chi connectivity index (χ0) is 20.5. The Balaban J connectivity index is 1.71. The number of thioether (sulfide) groups is 1. The van der Waals surface area contributed by atoms with Gasteiger partial charge in [-0.05, 0) is 36.4 Å². The molecule has 0 radical (unpaired) electrons. The molecule has 1 N–H and O–H groups in total. The third-order valence-electron chi connectivity index (χ3n) is 3.13. The summed E-state index contributed by atoms with van der Waals surface area (Å²) in [6.07, 6.45) is 0. The first-order chi connectivity index (χ1) is 13.3. The number of ether oxygens (including phenoxy) is 2. The number of benzene rings is 2. The number of nitro groups is 1. The maximum Gasteiger partial charge on any atom is 0.344 e. The molecule has 1 amide bonds. The number of esters is 1. The third kappa shape index (κ3) is 7.19. The Morgan fingerprint density at radius 1 is 1.07 bits per heavy atom. The van der Waals surface area contributed by atoms with Gasteiger partial charge in [0.25, 0.3) is 17.4 Å². The van der Waals surface area contributed by atoms with Crippen LogP contribution >= 0.6 is 11.8 Å². The van der Waals surface area contributed by atoms with Gasteiger partial charge in [0.2, 0.25) is 0 Å². The largest absolute Gasteiger partial charge is 0.482 e. The molecule has 0 atom stereocenters. The van der Waals surface area contributed by atoms with Crippen LogP contribution < -0.4 is 10.1 Å². The van der Waals surface area contributed by atoms with Gasteiger partial charge in [-0.15, -0.1) is 0 Å². The second-order valence-corrected chi connectivity index (χ2v) is 6.21. The van der Waals surface area contributed by atoms with Gasteiger partial charge in [-0.25, -0.2) is 4.79 Å². The predicted molar refractivity (Wildman–Crippen MR) is 96.5 cm³/mol. The van der Waals surface area contributed by atoms with E-state index in [0.29, 0.717) is 22.3 Å². The highest BCUT2D eigenvalue weighted by Crippen LogP contribution is 2.26. The van der Waals surface area contributed by atoms with E-state index in [-0.39, 0.29) is 11.4 Å². The number of nitrogens with one attached hydrogen (secondary N) is 1. The number of nitro benzene ring substituents is 1. The van der Waals surface area contributed by atoms with Gasteiger partial charge < -0.3 is 14.8 Å². The Morgan fingerprint density at radius 3 is 2.29 bits per heavy atom. The molecule has 2 rings (SSSR count). The van der Waals surface area contributed by atoms with E-state index in [0.717, 1.165) is 0 Å². The van der Waals surface area contributed by atoms with Crippen molar-refractivity contribution < 1.29 is 32.8 Å². The molecular formula is C17H14F2N2O6S. The molecule has 0 saturated carbocycles. The van der Waals surface area contributed by atoms with Crippen molar-refractivity contribution in [3.63, 3.8) is 0 Å². The van der Waals surface area contributed by atoms with E-state index in [1.807, 2.05) is 0 Å². The number of nitrogens with zero attached hydrogens (tertiary/aromatic N) is 1. The van der Waals surface area contributed by atoms with Gasteiger partial charge in [-0.2, -0.15) is 8.78 Å². The first-order valence-corrected chi connectivity index (χ1v) is 8.59. The van der Waals surface area contributed by atoms with E-state index in [4.69, 9.17) is 9.47 Å². The number of hydrogen-bond acceptors (Lipinski definition) is 7. The van der Waals surface area contributed by atoms with Crippen molar-refractivity contribution in [3.05, 3.63) is 58.6 Å². The molecule has 0 bridgehead atoms. The summed E-state index contributed by atoms with van der Waals surface area (Å²) in [5.41, 5.74) is 0.245. The van der Waals surface area contributed by atoms with Gasteiger partial charge in [0.05, 0.1) is 4.92 Å². The fourth-order valence-corrected chi connectivity index (χ4v) is 2.41. The minimum atomic E-state index is -2.53. The highest BCUT2D eigenvalue weighted by molar-refractivity contribution is 7.99. The average molecular weight is 412 g/mol. The number of halogens is 2. The second-order valence-electron chi connectivity index (χ2n) is 5.15. The predicted octanol–water partition coefficient (Wildman–Crippen LogP) is 3.47. The van der Waals surface area contributed by atoms with Gasteiger partial charge in [-0.1, -0.05) is 11.8 Å². The minimum absolute atomic E-state index is 0.118. The van der Waals surface area contributed by atoms with E-state index in [1.54, 1.807) is 0 Å². The smallest absolute Gasteiger partial charge is 0.344 e. The molecule has 28 heavy (non-hydrogen) atoms. The number of hydrogen-bond donors (Lipinski definition) is 1. The van der Waals surface area contributed by atoms with Gasteiger partial charge in [-0.3, -0.25) is 14.9 Å². The van der Waals surface area contributed by atoms with Crippen LogP contribution in [0.2, 0.25) is 0 Å². The summed E-state index contributed by atoms with van der Waals surface area (Å²) >= 11 is 0.383. The van der Waals surface area contributed by atoms with Crippen LogP contribution in [0.1, 0.15) is 0 Å². The number of carbonyl (C=O) groups is 2. The molecule has 0 aliphatic carbocycles. The normalized spacial score (nSPS) is 10.4. The Labute approximate surface area is 162 Å². The summed E-state index contributed by atoms with van der Waals surface area (Å²) in [7, 11) is 0. The van der Waals surface area contributed by atoms with E-state index < -0.39 is 35.8 Å². The molecule has 0 aliphatic rings. The monoisotopic (exact) mass is 412 g/mol. The van der Waals surface area contributed by atoms with E-state index in [2.05, 4.69) is 5.32 Å².